The highest BCUT2D eigenvalue weighted by Gasteiger charge is 2.24. The summed E-state index contributed by atoms with van der Waals surface area (Å²) in [4.78, 5) is 18.5. The summed E-state index contributed by atoms with van der Waals surface area (Å²) in [6, 6.07) is 9.91. The first-order valence-electron chi connectivity index (χ1n) is 6.69. The van der Waals surface area contributed by atoms with Crippen LogP contribution in [0.3, 0.4) is 0 Å². The number of benzene rings is 1. The van der Waals surface area contributed by atoms with Crippen LogP contribution in [0.5, 0.6) is 0 Å². The summed E-state index contributed by atoms with van der Waals surface area (Å²) in [6.45, 7) is 6.11. The van der Waals surface area contributed by atoms with Gasteiger partial charge in [-0.15, -0.1) is 11.3 Å². The summed E-state index contributed by atoms with van der Waals surface area (Å²) in [6.07, 6.45) is 1.77. The first-order chi connectivity index (χ1) is 10.0. The van der Waals surface area contributed by atoms with Crippen molar-refractivity contribution in [2.75, 3.05) is 0 Å². The molecule has 0 aliphatic carbocycles. The third-order valence-corrected chi connectivity index (χ3v) is 4.36. The fourth-order valence-corrected chi connectivity index (χ4v) is 2.89. The van der Waals surface area contributed by atoms with Crippen molar-refractivity contribution < 1.29 is 9.53 Å². The number of carbonyl (C=O) groups excluding carboxylic acids is 1. The van der Waals surface area contributed by atoms with E-state index in [1.165, 1.54) is 10.4 Å². The lowest BCUT2D eigenvalue weighted by atomic mass is 10.1. The number of rotatable bonds is 2. The molecule has 106 valence electrons. The van der Waals surface area contributed by atoms with E-state index in [9.17, 15) is 4.79 Å². The fraction of sp³-hybridized carbons (Fsp3) is 0.176. The second-order valence-electron chi connectivity index (χ2n) is 5.08. The number of thiophene rings is 1. The predicted molar refractivity (Wildman–Crippen MR) is 85.6 cm³/mol. The number of aryl methyl sites for hydroxylation is 3. The number of nitrogens with zero attached hydrogens (tertiary/aromatic N) is 1. The minimum absolute atomic E-state index is 0.352. The SMILES string of the molecule is Cc1ccc(C=C2N=C(c3ccc(C)c(C)c3)OC2=O)s1. The van der Waals surface area contributed by atoms with Crippen molar-refractivity contribution in [3.63, 3.8) is 0 Å². The molecular formula is C17H15NO2S. The van der Waals surface area contributed by atoms with Gasteiger partial charge in [-0.1, -0.05) is 6.07 Å². The molecule has 0 radical (unpaired) electrons. The number of hydrogen-bond acceptors (Lipinski definition) is 4. The van der Waals surface area contributed by atoms with Crippen LogP contribution in [0.15, 0.2) is 41.0 Å². The van der Waals surface area contributed by atoms with E-state index in [0.717, 1.165) is 16.0 Å². The molecule has 1 aliphatic rings. The van der Waals surface area contributed by atoms with Crippen molar-refractivity contribution in [1.29, 1.82) is 0 Å². The van der Waals surface area contributed by atoms with Gasteiger partial charge in [0.25, 0.3) is 0 Å². The van der Waals surface area contributed by atoms with Gasteiger partial charge in [0.2, 0.25) is 5.90 Å². The molecule has 4 heteroatoms. The molecule has 2 heterocycles. The highest BCUT2D eigenvalue weighted by atomic mass is 32.1. The van der Waals surface area contributed by atoms with Crippen LogP contribution in [-0.2, 0) is 9.53 Å². The summed E-state index contributed by atoms with van der Waals surface area (Å²) >= 11 is 1.62. The third-order valence-electron chi connectivity index (χ3n) is 3.41. The second kappa shape index (κ2) is 5.30. The molecule has 0 atom stereocenters. The lowest BCUT2D eigenvalue weighted by Gasteiger charge is -2.03. The maximum atomic E-state index is 11.9. The first kappa shape index (κ1) is 13.8. The van der Waals surface area contributed by atoms with Crippen LogP contribution in [-0.4, -0.2) is 11.9 Å². The van der Waals surface area contributed by atoms with Crippen LogP contribution < -0.4 is 0 Å². The van der Waals surface area contributed by atoms with Crippen LogP contribution in [0.1, 0.15) is 26.4 Å². The monoisotopic (exact) mass is 297 g/mol. The highest BCUT2D eigenvalue weighted by Crippen LogP contribution is 2.23. The Morgan fingerprint density at radius 2 is 1.90 bits per heavy atom. The zero-order valence-electron chi connectivity index (χ0n) is 12.1. The van der Waals surface area contributed by atoms with Gasteiger partial charge >= 0.3 is 5.97 Å². The third kappa shape index (κ3) is 2.81. The van der Waals surface area contributed by atoms with Gasteiger partial charge in [0, 0.05) is 15.3 Å². The van der Waals surface area contributed by atoms with Gasteiger partial charge in [-0.05, 0) is 62.2 Å². The molecule has 0 spiro atoms. The standard InChI is InChI=1S/C17H15NO2S/c1-10-4-6-13(8-11(10)2)16-18-15(17(19)20-16)9-14-7-5-12(3)21-14/h4-9H,1-3H3. The molecule has 0 saturated carbocycles. The number of aliphatic imine (C=N–C) groups is 1. The molecule has 0 amide bonds. The van der Waals surface area contributed by atoms with E-state index >= 15 is 0 Å². The molecule has 0 fully saturated rings. The lowest BCUT2D eigenvalue weighted by Crippen LogP contribution is -2.05. The van der Waals surface area contributed by atoms with Gasteiger partial charge in [0.05, 0.1) is 0 Å². The van der Waals surface area contributed by atoms with Crippen molar-refractivity contribution in [3.8, 4) is 0 Å². The second-order valence-corrected chi connectivity index (χ2v) is 6.40. The van der Waals surface area contributed by atoms with E-state index in [2.05, 4.69) is 4.99 Å². The quantitative estimate of drug-likeness (QED) is 0.620. The van der Waals surface area contributed by atoms with E-state index in [0.29, 0.717) is 11.6 Å². The summed E-state index contributed by atoms with van der Waals surface area (Å²) in [7, 11) is 0. The zero-order chi connectivity index (χ0) is 15.0. The average molecular weight is 297 g/mol. The molecular weight excluding hydrogens is 282 g/mol. The van der Waals surface area contributed by atoms with E-state index < -0.39 is 5.97 Å². The van der Waals surface area contributed by atoms with E-state index in [1.807, 2.05) is 51.1 Å². The number of cyclic esters (lactones) is 1. The lowest BCUT2D eigenvalue weighted by molar-refractivity contribution is -0.129. The molecule has 1 aromatic heterocycles. The molecule has 1 aromatic carbocycles. The molecule has 21 heavy (non-hydrogen) atoms. The number of carbonyl (C=O) groups is 1. The van der Waals surface area contributed by atoms with Crippen molar-refractivity contribution in [1.82, 2.24) is 0 Å². The maximum Gasteiger partial charge on any atom is 0.363 e. The minimum atomic E-state index is -0.394. The van der Waals surface area contributed by atoms with Crippen molar-refractivity contribution in [2.45, 2.75) is 20.8 Å². The zero-order valence-corrected chi connectivity index (χ0v) is 13.0. The molecule has 0 bridgehead atoms. The van der Waals surface area contributed by atoms with Crippen LogP contribution >= 0.6 is 11.3 Å². The van der Waals surface area contributed by atoms with Gasteiger partial charge in [0.1, 0.15) is 0 Å². The van der Waals surface area contributed by atoms with Gasteiger partial charge in [-0.25, -0.2) is 9.79 Å². The minimum Gasteiger partial charge on any atom is -0.402 e. The number of esters is 1. The molecule has 3 nitrogen and oxygen atoms in total. The summed E-state index contributed by atoms with van der Waals surface area (Å²) in [5, 5.41) is 0. The Balaban J connectivity index is 1.95. The van der Waals surface area contributed by atoms with Gasteiger partial charge in [-0.3, -0.25) is 0 Å². The molecule has 0 saturated heterocycles. The first-order valence-corrected chi connectivity index (χ1v) is 7.51. The Bertz CT molecular complexity index is 784. The van der Waals surface area contributed by atoms with Gasteiger partial charge in [-0.2, -0.15) is 0 Å². The Labute approximate surface area is 127 Å². The molecule has 1 aliphatic heterocycles. The van der Waals surface area contributed by atoms with E-state index in [1.54, 1.807) is 17.4 Å². The number of hydrogen-bond donors (Lipinski definition) is 0. The Kier molecular flexibility index (Phi) is 3.47. The topological polar surface area (TPSA) is 38.7 Å². The van der Waals surface area contributed by atoms with E-state index in [-0.39, 0.29) is 0 Å². The average Bonchev–Trinajstić information content (AvgIpc) is 3.00. The van der Waals surface area contributed by atoms with Crippen LogP contribution in [0, 0.1) is 20.8 Å². The summed E-state index contributed by atoms with van der Waals surface area (Å²) in [5.41, 5.74) is 3.54. The van der Waals surface area contributed by atoms with Crippen LogP contribution in [0.25, 0.3) is 6.08 Å². The Hall–Kier alpha value is -2.20. The normalized spacial score (nSPS) is 16.2. The largest absolute Gasteiger partial charge is 0.402 e. The van der Waals surface area contributed by atoms with Crippen molar-refractivity contribution in [2.24, 2.45) is 4.99 Å². The summed E-state index contributed by atoms with van der Waals surface area (Å²) < 4.78 is 5.28. The van der Waals surface area contributed by atoms with Crippen molar-refractivity contribution >= 4 is 29.3 Å². The van der Waals surface area contributed by atoms with Crippen molar-refractivity contribution in [3.05, 3.63) is 62.5 Å². The van der Waals surface area contributed by atoms with Gasteiger partial charge in [0.15, 0.2) is 5.70 Å². The molecule has 0 unspecified atom stereocenters. The predicted octanol–water partition coefficient (Wildman–Crippen LogP) is 4.02. The molecule has 2 aromatic rings. The molecule has 3 rings (SSSR count). The van der Waals surface area contributed by atoms with Gasteiger partial charge < -0.3 is 4.74 Å². The van der Waals surface area contributed by atoms with E-state index in [4.69, 9.17) is 4.74 Å². The van der Waals surface area contributed by atoms with Crippen LogP contribution in [0.4, 0.5) is 0 Å². The highest BCUT2D eigenvalue weighted by molar-refractivity contribution is 7.12. The smallest absolute Gasteiger partial charge is 0.363 e. The number of ether oxygens (including phenoxy) is 1. The van der Waals surface area contributed by atoms with Crippen LogP contribution in [0.2, 0.25) is 0 Å². The molecule has 0 N–H and O–H groups in total. The Morgan fingerprint density at radius 1 is 1.10 bits per heavy atom. The summed E-state index contributed by atoms with van der Waals surface area (Å²) in [5.74, 6) is -0.0168. The Morgan fingerprint density at radius 3 is 2.57 bits per heavy atom. The fourth-order valence-electron chi connectivity index (χ4n) is 2.07. The maximum absolute atomic E-state index is 11.9.